The number of nitrogens with one attached hydrogen (secondary N) is 1. The summed E-state index contributed by atoms with van der Waals surface area (Å²) < 4.78 is 6.14. The number of carbonyl (C=O) groups is 1. The molecule has 0 atom stereocenters. The molecule has 0 saturated heterocycles. The summed E-state index contributed by atoms with van der Waals surface area (Å²) in [6, 6.07) is 8.54. The van der Waals surface area contributed by atoms with E-state index in [1.54, 1.807) is 30.3 Å². The fourth-order valence-electron chi connectivity index (χ4n) is 1.78. The van der Waals surface area contributed by atoms with Crippen molar-refractivity contribution in [2.75, 3.05) is 0 Å². The topological polar surface area (TPSA) is 72.0 Å². The van der Waals surface area contributed by atoms with Crippen molar-refractivity contribution in [1.29, 1.82) is 0 Å². The summed E-state index contributed by atoms with van der Waals surface area (Å²) in [4.78, 5) is 29.3. The third kappa shape index (κ3) is 2.46. The molecular formula is C14H10N2O3S. The van der Waals surface area contributed by atoms with E-state index in [-0.39, 0.29) is 12.2 Å². The van der Waals surface area contributed by atoms with E-state index < -0.39 is 0 Å². The molecule has 0 aliphatic rings. The summed E-state index contributed by atoms with van der Waals surface area (Å²) in [5, 5.41) is 1.83. The van der Waals surface area contributed by atoms with Crippen LogP contribution in [0.15, 0.2) is 40.5 Å². The molecule has 3 aromatic rings. The number of nitrogens with zero attached hydrogens (tertiary/aromatic N) is 1. The van der Waals surface area contributed by atoms with Crippen molar-refractivity contribution < 1.29 is 9.53 Å². The van der Waals surface area contributed by atoms with Gasteiger partial charge in [-0.05, 0) is 35.7 Å². The third-order valence-electron chi connectivity index (χ3n) is 2.76. The molecule has 20 heavy (non-hydrogen) atoms. The van der Waals surface area contributed by atoms with Crippen LogP contribution in [0.1, 0.15) is 16.2 Å². The van der Waals surface area contributed by atoms with Crippen LogP contribution in [0.4, 0.5) is 0 Å². The monoisotopic (exact) mass is 286 g/mol. The number of aromatic nitrogens is 2. The lowest BCUT2D eigenvalue weighted by atomic mass is 10.2. The van der Waals surface area contributed by atoms with Crippen molar-refractivity contribution >= 4 is 27.8 Å². The highest BCUT2D eigenvalue weighted by atomic mass is 32.1. The second-order valence-electron chi connectivity index (χ2n) is 4.12. The van der Waals surface area contributed by atoms with Crippen molar-refractivity contribution in [2.24, 2.45) is 0 Å². The maximum atomic E-state index is 11.8. The van der Waals surface area contributed by atoms with Gasteiger partial charge in [0.15, 0.2) is 0 Å². The van der Waals surface area contributed by atoms with Gasteiger partial charge in [-0.2, -0.15) is 0 Å². The predicted molar refractivity (Wildman–Crippen MR) is 76.4 cm³/mol. The molecule has 0 aliphatic heterocycles. The molecule has 100 valence electrons. The Morgan fingerprint density at radius 2 is 2.05 bits per heavy atom. The van der Waals surface area contributed by atoms with Crippen LogP contribution in [0.5, 0.6) is 5.75 Å². The molecule has 0 spiro atoms. The Labute approximate surface area is 117 Å². The first-order valence-electron chi connectivity index (χ1n) is 5.91. The summed E-state index contributed by atoms with van der Waals surface area (Å²) in [5.41, 5.74) is 1.11. The largest absolute Gasteiger partial charge is 0.486 e. The molecule has 2 heterocycles. The highest BCUT2D eigenvalue weighted by Crippen LogP contribution is 2.15. The Morgan fingerprint density at radius 3 is 2.80 bits per heavy atom. The SMILES string of the molecule is O=Cc1ccc(OCc2nc3ccsc3c(=O)[nH]2)cc1. The first kappa shape index (κ1) is 12.6. The number of rotatable bonds is 4. The minimum absolute atomic E-state index is 0.153. The number of hydrogen-bond acceptors (Lipinski definition) is 5. The molecule has 0 fully saturated rings. The van der Waals surface area contributed by atoms with E-state index in [2.05, 4.69) is 9.97 Å². The van der Waals surface area contributed by atoms with Crippen LogP contribution in [-0.2, 0) is 6.61 Å². The van der Waals surface area contributed by atoms with E-state index in [9.17, 15) is 9.59 Å². The van der Waals surface area contributed by atoms with E-state index in [0.717, 1.165) is 6.29 Å². The fourth-order valence-corrected chi connectivity index (χ4v) is 2.51. The minimum atomic E-state index is -0.153. The highest BCUT2D eigenvalue weighted by Gasteiger charge is 2.05. The second-order valence-corrected chi connectivity index (χ2v) is 5.04. The Bertz CT molecular complexity index is 805. The summed E-state index contributed by atoms with van der Waals surface area (Å²) >= 11 is 1.36. The van der Waals surface area contributed by atoms with Gasteiger partial charge in [0.25, 0.3) is 5.56 Å². The van der Waals surface area contributed by atoms with Crippen LogP contribution in [0, 0.1) is 0 Å². The Morgan fingerprint density at radius 1 is 1.25 bits per heavy atom. The number of fused-ring (bicyclic) bond motifs is 1. The second kappa shape index (κ2) is 5.26. The first-order valence-corrected chi connectivity index (χ1v) is 6.78. The van der Waals surface area contributed by atoms with Crippen molar-refractivity contribution in [3.63, 3.8) is 0 Å². The van der Waals surface area contributed by atoms with Gasteiger partial charge in [-0.1, -0.05) is 0 Å². The van der Waals surface area contributed by atoms with Crippen LogP contribution in [0.25, 0.3) is 10.2 Å². The molecule has 0 unspecified atom stereocenters. The van der Waals surface area contributed by atoms with Gasteiger partial charge >= 0.3 is 0 Å². The highest BCUT2D eigenvalue weighted by molar-refractivity contribution is 7.17. The molecule has 0 bridgehead atoms. The first-order chi connectivity index (χ1) is 9.76. The van der Waals surface area contributed by atoms with Crippen LogP contribution < -0.4 is 10.3 Å². The van der Waals surface area contributed by atoms with E-state index in [4.69, 9.17) is 4.74 Å². The van der Waals surface area contributed by atoms with Crippen LogP contribution in [0.3, 0.4) is 0 Å². The Kier molecular flexibility index (Phi) is 3.30. The predicted octanol–water partition coefficient (Wildman–Crippen LogP) is 2.38. The molecular weight excluding hydrogens is 276 g/mol. The molecule has 0 radical (unpaired) electrons. The number of benzene rings is 1. The number of carbonyl (C=O) groups excluding carboxylic acids is 1. The zero-order valence-electron chi connectivity index (χ0n) is 10.3. The number of H-pyrrole nitrogens is 1. The number of hydrogen-bond donors (Lipinski definition) is 1. The minimum Gasteiger partial charge on any atom is -0.486 e. The van der Waals surface area contributed by atoms with Crippen molar-refractivity contribution in [3.05, 3.63) is 57.5 Å². The van der Waals surface area contributed by atoms with Crippen molar-refractivity contribution in [2.45, 2.75) is 6.61 Å². The number of ether oxygens (including phenoxy) is 1. The fraction of sp³-hybridized carbons (Fsp3) is 0.0714. The Hall–Kier alpha value is -2.47. The number of aromatic amines is 1. The summed E-state index contributed by atoms with van der Waals surface area (Å²) in [6.07, 6.45) is 0.771. The third-order valence-corrected chi connectivity index (χ3v) is 3.66. The van der Waals surface area contributed by atoms with Gasteiger partial charge in [-0.25, -0.2) is 4.98 Å². The zero-order chi connectivity index (χ0) is 13.9. The lowest BCUT2D eigenvalue weighted by Crippen LogP contribution is -2.12. The molecule has 6 heteroatoms. The lowest BCUT2D eigenvalue weighted by Gasteiger charge is -2.05. The van der Waals surface area contributed by atoms with Crippen molar-refractivity contribution in [3.8, 4) is 5.75 Å². The van der Waals surface area contributed by atoms with Gasteiger partial charge in [-0.3, -0.25) is 9.59 Å². The number of aldehydes is 1. The quantitative estimate of drug-likeness (QED) is 0.747. The average Bonchev–Trinajstić information content (AvgIpc) is 2.94. The van der Waals surface area contributed by atoms with Crippen molar-refractivity contribution in [1.82, 2.24) is 9.97 Å². The van der Waals surface area contributed by atoms with Gasteiger partial charge in [0.05, 0.1) is 5.52 Å². The maximum Gasteiger partial charge on any atom is 0.268 e. The lowest BCUT2D eigenvalue weighted by molar-refractivity contribution is 0.112. The molecule has 3 rings (SSSR count). The van der Waals surface area contributed by atoms with Crippen LogP contribution in [-0.4, -0.2) is 16.3 Å². The smallest absolute Gasteiger partial charge is 0.268 e. The van der Waals surface area contributed by atoms with Crippen LogP contribution >= 0.6 is 11.3 Å². The molecule has 1 N–H and O–H groups in total. The van der Waals surface area contributed by atoms with Crippen LogP contribution in [0.2, 0.25) is 0 Å². The van der Waals surface area contributed by atoms with E-state index in [1.807, 2.05) is 5.38 Å². The Balaban J connectivity index is 1.78. The summed E-state index contributed by atoms with van der Waals surface area (Å²) in [6.45, 7) is 0.168. The zero-order valence-corrected chi connectivity index (χ0v) is 11.1. The van der Waals surface area contributed by atoms with E-state index >= 15 is 0 Å². The summed E-state index contributed by atoms with van der Waals surface area (Å²) in [5.74, 6) is 1.09. The van der Waals surface area contributed by atoms with Gasteiger partial charge in [-0.15, -0.1) is 11.3 Å². The molecule has 1 aromatic carbocycles. The standard InChI is InChI=1S/C14H10N2O3S/c17-7-9-1-3-10(4-2-9)19-8-12-15-11-5-6-20-13(11)14(18)16-12/h1-7H,8H2,(H,15,16,18). The maximum absolute atomic E-state index is 11.8. The van der Waals surface area contributed by atoms with Gasteiger partial charge < -0.3 is 9.72 Å². The normalized spacial score (nSPS) is 10.6. The molecule has 0 saturated carbocycles. The van der Waals surface area contributed by atoms with Gasteiger partial charge in [0.2, 0.25) is 0 Å². The molecule has 0 aliphatic carbocycles. The van der Waals surface area contributed by atoms with E-state index in [1.165, 1.54) is 11.3 Å². The van der Waals surface area contributed by atoms with E-state index in [0.29, 0.717) is 27.4 Å². The van der Waals surface area contributed by atoms with Gasteiger partial charge in [0.1, 0.15) is 29.2 Å². The summed E-state index contributed by atoms with van der Waals surface area (Å²) in [7, 11) is 0. The average molecular weight is 286 g/mol. The number of thiophene rings is 1. The molecule has 2 aromatic heterocycles. The van der Waals surface area contributed by atoms with Gasteiger partial charge in [0, 0.05) is 5.56 Å². The molecule has 5 nitrogen and oxygen atoms in total. The molecule has 0 amide bonds.